The van der Waals surface area contributed by atoms with Gasteiger partial charge in [0, 0.05) is 16.9 Å². The molecule has 0 heterocycles. The van der Waals surface area contributed by atoms with Gasteiger partial charge in [0.1, 0.15) is 0 Å². The molecule has 0 aliphatic rings. The van der Waals surface area contributed by atoms with E-state index < -0.39 is 6.03 Å². The molecule has 4 nitrogen and oxygen atoms in total. The number of carbonyl (C=O) groups is 1. The Morgan fingerprint density at radius 1 is 1.05 bits per heavy atom. The molecule has 0 aliphatic carbocycles. The number of carbonyl (C=O) groups excluding carboxylic acids is 1. The van der Waals surface area contributed by atoms with Crippen molar-refractivity contribution in [2.75, 3.05) is 16.4 Å². The predicted octanol–water partition coefficient (Wildman–Crippen LogP) is 2.88. The van der Waals surface area contributed by atoms with Crippen LogP contribution in [0.15, 0.2) is 42.5 Å². The fraction of sp³-hybridized carbons (Fsp3) is 0. The number of nitrogen functional groups attached to an aromatic ring is 1. The molecule has 0 aliphatic heterocycles. The van der Waals surface area contributed by atoms with Crippen molar-refractivity contribution in [3.8, 4) is 24.7 Å². The van der Waals surface area contributed by atoms with E-state index in [-0.39, 0.29) is 0 Å². The van der Waals surface area contributed by atoms with Gasteiger partial charge in [0.2, 0.25) is 0 Å². The molecule has 0 aromatic heterocycles. The van der Waals surface area contributed by atoms with Crippen molar-refractivity contribution in [2.45, 2.75) is 0 Å². The lowest BCUT2D eigenvalue weighted by atomic mass is 10.1. The van der Waals surface area contributed by atoms with Gasteiger partial charge in [0.25, 0.3) is 0 Å². The summed E-state index contributed by atoms with van der Waals surface area (Å²) in [6.07, 6.45) is 10.8. The molecule has 0 saturated carbocycles. The molecule has 2 aromatic carbocycles. The fourth-order valence-corrected chi connectivity index (χ4v) is 1.83. The molecule has 21 heavy (non-hydrogen) atoms. The van der Waals surface area contributed by atoms with Crippen LogP contribution in [0.3, 0.4) is 0 Å². The minimum Gasteiger partial charge on any atom is -0.399 e. The molecule has 0 fully saturated rings. The fourth-order valence-electron chi connectivity index (χ4n) is 1.83. The van der Waals surface area contributed by atoms with Crippen molar-refractivity contribution in [1.29, 1.82) is 0 Å². The number of nitrogens with two attached hydrogens (primary N) is 1. The zero-order valence-electron chi connectivity index (χ0n) is 11.2. The Balaban J connectivity index is 2.18. The highest BCUT2D eigenvalue weighted by Gasteiger charge is 2.08. The van der Waals surface area contributed by atoms with E-state index in [9.17, 15) is 4.79 Å². The van der Waals surface area contributed by atoms with E-state index in [1.165, 1.54) is 0 Å². The highest BCUT2D eigenvalue weighted by molar-refractivity contribution is 6.01. The van der Waals surface area contributed by atoms with Crippen LogP contribution in [0.5, 0.6) is 0 Å². The van der Waals surface area contributed by atoms with Gasteiger partial charge in [-0.25, -0.2) is 4.79 Å². The van der Waals surface area contributed by atoms with Gasteiger partial charge < -0.3 is 16.4 Å². The van der Waals surface area contributed by atoms with E-state index in [0.29, 0.717) is 28.2 Å². The zero-order valence-corrected chi connectivity index (χ0v) is 11.2. The number of nitrogens with one attached hydrogen (secondary N) is 2. The molecule has 4 N–H and O–H groups in total. The lowest BCUT2D eigenvalue weighted by Gasteiger charge is -2.10. The van der Waals surface area contributed by atoms with E-state index >= 15 is 0 Å². The Kier molecular flexibility index (Phi) is 4.14. The summed E-state index contributed by atoms with van der Waals surface area (Å²) in [7, 11) is 0. The number of anilines is 3. The summed E-state index contributed by atoms with van der Waals surface area (Å²) in [4.78, 5) is 12.0. The summed E-state index contributed by atoms with van der Waals surface area (Å²) in [5, 5.41) is 5.34. The molecule has 0 saturated heterocycles. The van der Waals surface area contributed by atoms with Crippen molar-refractivity contribution in [3.05, 3.63) is 53.6 Å². The number of terminal acetylenes is 2. The SMILES string of the molecule is C#Cc1cccc(NC(=O)Nc2cccc(N)c2)c1C#C. The molecule has 0 unspecified atom stereocenters. The molecular weight excluding hydrogens is 262 g/mol. The standard InChI is InChI=1S/C17H13N3O/c1-3-12-7-5-10-16(15(12)4-2)20-17(21)19-14-9-6-8-13(18)11-14/h1-2,5-11H,18H2,(H2,19,20,21). The molecule has 2 rings (SSSR count). The highest BCUT2D eigenvalue weighted by Crippen LogP contribution is 2.19. The maximum absolute atomic E-state index is 12.0. The zero-order chi connectivity index (χ0) is 15.2. The first-order valence-corrected chi connectivity index (χ1v) is 6.14. The topological polar surface area (TPSA) is 67.2 Å². The third kappa shape index (κ3) is 3.34. The minimum absolute atomic E-state index is 0.425. The Labute approximate surface area is 123 Å². The Morgan fingerprint density at radius 2 is 1.81 bits per heavy atom. The normalized spacial score (nSPS) is 9.24. The lowest BCUT2D eigenvalue weighted by Crippen LogP contribution is -2.20. The average Bonchev–Trinajstić information content (AvgIpc) is 2.46. The second-order valence-corrected chi connectivity index (χ2v) is 4.22. The van der Waals surface area contributed by atoms with E-state index in [1.54, 1.807) is 42.5 Å². The summed E-state index contributed by atoms with van der Waals surface area (Å²) < 4.78 is 0. The summed E-state index contributed by atoms with van der Waals surface area (Å²) in [5.41, 5.74) is 8.31. The van der Waals surface area contributed by atoms with Crippen LogP contribution in [0.1, 0.15) is 11.1 Å². The van der Waals surface area contributed by atoms with Crippen molar-refractivity contribution in [3.63, 3.8) is 0 Å². The van der Waals surface area contributed by atoms with Gasteiger partial charge in [0.05, 0.1) is 11.3 Å². The first-order valence-electron chi connectivity index (χ1n) is 6.14. The lowest BCUT2D eigenvalue weighted by molar-refractivity contribution is 0.262. The molecule has 2 amide bonds. The molecule has 0 spiro atoms. The van der Waals surface area contributed by atoms with Gasteiger partial charge in [0.15, 0.2) is 0 Å². The predicted molar refractivity (Wildman–Crippen MR) is 85.8 cm³/mol. The number of hydrogen-bond acceptors (Lipinski definition) is 2. The van der Waals surface area contributed by atoms with Gasteiger partial charge in [-0.05, 0) is 30.3 Å². The van der Waals surface area contributed by atoms with Gasteiger partial charge in [-0.15, -0.1) is 12.8 Å². The van der Waals surface area contributed by atoms with Gasteiger partial charge in [-0.3, -0.25) is 0 Å². The number of amides is 2. The number of hydrogen-bond donors (Lipinski definition) is 3. The van der Waals surface area contributed by atoms with Crippen LogP contribution in [0.2, 0.25) is 0 Å². The summed E-state index contributed by atoms with van der Waals surface area (Å²) in [6, 6.07) is 11.6. The van der Waals surface area contributed by atoms with Crippen LogP contribution < -0.4 is 16.4 Å². The van der Waals surface area contributed by atoms with Crippen molar-refractivity contribution < 1.29 is 4.79 Å². The van der Waals surface area contributed by atoms with Gasteiger partial charge in [-0.1, -0.05) is 24.0 Å². The molecular formula is C17H13N3O. The summed E-state index contributed by atoms with van der Waals surface area (Å²) in [5.74, 6) is 4.98. The second-order valence-electron chi connectivity index (χ2n) is 4.22. The highest BCUT2D eigenvalue weighted by atomic mass is 16.2. The summed E-state index contributed by atoms with van der Waals surface area (Å²) in [6.45, 7) is 0. The Morgan fingerprint density at radius 3 is 2.48 bits per heavy atom. The molecule has 102 valence electrons. The number of benzene rings is 2. The molecule has 0 atom stereocenters. The Hall–Kier alpha value is -3.37. The smallest absolute Gasteiger partial charge is 0.323 e. The molecule has 4 heteroatoms. The van der Waals surface area contributed by atoms with Gasteiger partial charge >= 0.3 is 6.03 Å². The minimum atomic E-state index is -0.425. The van der Waals surface area contributed by atoms with Crippen LogP contribution in [0, 0.1) is 24.7 Å². The van der Waals surface area contributed by atoms with Crippen LogP contribution in [-0.2, 0) is 0 Å². The van der Waals surface area contributed by atoms with Crippen molar-refractivity contribution in [2.24, 2.45) is 0 Å². The number of rotatable bonds is 2. The maximum atomic E-state index is 12.0. The molecule has 0 bridgehead atoms. The van der Waals surface area contributed by atoms with E-state index in [2.05, 4.69) is 22.5 Å². The quantitative estimate of drug-likeness (QED) is 0.582. The molecule has 0 radical (unpaired) electrons. The van der Waals surface area contributed by atoms with Crippen LogP contribution >= 0.6 is 0 Å². The monoisotopic (exact) mass is 275 g/mol. The van der Waals surface area contributed by atoms with E-state index in [1.807, 2.05) is 0 Å². The van der Waals surface area contributed by atoms with E-state index in [4.69, 9.17) is 18.6 Å². The third-order valence-corrected chi connectivity index (χ3v) is 2.76. The number of urea groups is 1. The molecule has 2 aromatic rings. The van der Waals surface area contributed by atoms with Crippen LogP contribution in [0.4, 0.5) is 21.9 Å². The van der Waals surface area contributed by atoms with E-state index in [0.717, 1.165) is 0 Å². The largest absolute Gasteiger partial charge is 0.399 e. The van der Waals surface area contributed by atoms with Crippen LogP contribution in [-0.4, -0.2) is 6.03 Å². The second kappa shape index (κ2) is 6.18. The first-order chi connectivity index (χ1) is 10.1. The average molecular weight is 275 g/mol. The van der Waals surface area contributed by atoms with Crippen LogP contribution in [0.25, 0.3) is 0 Å². The van der Waals surface area contributed by atoms with Crippen molar-refractivity contribution >= 4 is 23.1 Å². The van der Waals surface area contributed by atoms with Gasteiger partial charge in [-0.2, -0.15) is 0 Å². The first kappa shape index (κ1) is 14.0. The third-order valence-electron chi connectivity index (χ3n) is 2.76. The maximum Gasteiger partial charge on any atom is 0.323 e. The summed E-state index contributed by atoms with van der Waals surface area (Å²) >= 11 is 0. The Bertz CT molecular complexity index is 766. The van der Waals surface area contributed by atoms with Crippen molar-refractivity contribution in [1.82, 2.24) is 0 Å².